The van der Waals surface area contributed by atoms with Gasteiger partial charge in [-0.25, -0.2) is 0 Å². The normalized spacial score (nSPS) is 12.6. The van der Waals surface area contributed by atoms with Gasteiger partial charge in [0.05, 0.1) is 12.7 Å². The first-order valence-corrected chi connectivity index (χ1v) is 8.23. The van der Waals surface area contributed by atoms with Gasteiger partial charge in [-0.1, -0.05) is 38.8 Å². The maximum absolute atomic E-state index is 9.85. The van der Waals surface area contributed by atoms with Crippen molar-refractivity contribution in [3.05, 3.63) is 29.8 Å². The average molecular weight is 293 g/mol. The summed E-state index contributed by atoms with van der Waals surface area (Å²) in [6, 6.07) is 8.10. The third kappa shape index (κ3) is 7.49. The van der Waals surface area contributed by atoms with Gasteiger partial charge in [0.1, 0.15) is 5.75 Å². The highest BCUT2D eigenvalue weighted by Gasteiger charge is 2.09. The van der Waals surface area contributed by atoms with Crippen molar-refractivity contribution < 1.29 is 9.84 Å². The van der Waals surface area contributed by atoms with Crippen LogP contribution < -0.4 is 10.1 Å². The molecule has 1 atom stereocenters. The van der Waals surface area contributed by atoms with Crippen LogP contribution in [0.5, 0.6) is 5.75 Å². The van der Waals surface area contributed by atoms with E-state index in [1.54, 1.807) is 0 Å². The Morgan fingerprint density at radius 3 is 2.52 bits per heavy atom. The Labute approximate surface area is 129 Å². The lowest BCUT2D eigenvalue weighted by Crippen LogP contribution is -2.25. The predicted octanol–water partition coefficient (Wildman–Crippen LogP) is 3.40. The molecule has 0 aliphatic carbocycles. The number of hydrogen-bond acceptors (Lipinski definition) is 3. The fraction of sp³-hybridized carbons (Fsp3) is 0.667. The van der Waals surface area contributed by atoms with Crippen LogP contribution in [0.3, 0.4) is 0 Å². The van der Waals surface area contributed by atoms with Crippen LogP contribution in [-0.4, -0.2) is 31.4 Å². The van der Waals surface area contributed by atoms with Crippen LogP contribution in [0, 0.1) is 5.92 Å². The quantitative estimate of drug-likeness (QED) is 0.657. The van der Waals surface area contributed by atoms with Gasteiger partial charge in [0.2, 0.25) is 0 Å². The average Bonchev–Trinajstić information content (AvgIpc) is 2.46. The molecule has 21 heavy (non-hydrogen) atoms. The molecule has 3 nitrogen and oxygen atoms in total. The topological polar surface area (TPSA) is 41.5 Å². The first-order chi connectivity index (χ1) is 10.2. The summed E-state index contributed by atoms with van der Waals surface area (Å²) >= 11 is 0. The highest BCUT2D eigenvalue weighted by Crippen LogP contribution is 2.19. The van der Waals surface area contributed by atoms with Crippen LogP contribution in [0.4, 0.5) is 0 Å². The smallest absolute Gasteiger partial charge is 0.119 e. The lowest BCUT2D eigenvalue weighted by atomic mass is 9.99. The molecule has 0 bridgehead atoms. The SMILES string of the molecule is CCCC(CCC)COc1cccc(C[C@@H](O)CNC)c1. The second-order valence-corrected chi connectivity index (χ2v) is 5.82. The second kappa shape index (κ2) is 10.6. The summed E-state index contributed by atoms with van der Waals surface area (Å²) in [6.45, 7) is 5.86. The Bertz CT molecular complexity index is 375. The Morgan fingerprint density at radius 1 is 1.19 bits per heavy atom. The fourth-order valence-electron chi connectivity index (χ4n) is 2.68. The minimum atomic E-state index is -0.349. The summed E-state index contributed by atoms with van der Waals surface area (Å²) in [6.07, 6.45) is 5.20. The van der Waals surface area contributed by atoms with Crippen LogP contribution in [0.25, 0.3) is 0 Å². The molecule has 1 aromatic rings. The molecule has 0 saturated carbocycles. The third-order valence-corrected chi connectivity index (χ3v) is 3.69. The van der Waals surface area contributed by atoms with Crippen molar-refractivity contribution >= 4 is 0 Å². The van der Waals surface area contributed by atoms with E-state index >= 15 is 0 Å². The molecule has 0 amide bonds. The van der Waals surface area contributed by atoms with Crippen LogP contribution in [0.1, 0.15) is 45.1 Å². The van der Waals surface area contributed by atoms with Crippen molar-refractivity contribution in [1.29, 1.82) is 0 Å². The van der Waals surface area contributed by atoms with Crippen LogP contribution in [0.2, 0.25) is 0 Å². The van der Waals surface area contributed by atoms with E-state index in [0.29, 0.717) is 18.9 Å². The van der Waals surface area contributed by atoms with Gasteiger partial charge in [-0.3, -0.25) is 0 Å². The molecule has 0 unspecified atom stereocenters. The van der Waals surface area contributed by atoms with E-state index in [0.717, 1.165) is 17.9 Å². The Hall–Kier alpha value is -1.06. The number of aliphatic hydroxyl groups is 1. The number of aliphatic hydroxyl groups excluding tert-OH is 1. The molecule has 1 aromatic carbocycles. The number of benzene rings is 1. The molecule has 0 spiro atoms. The zero-order chi connectivity index (χ0) is 15.5. The van der Waals surface area contributed by atoms with E-state index in [1.165, 1.54) is 25.7 Å². The first-order valence-electron chi connectivity index (χ1n) is 8.23. The monoisotopic (exact) mass is 293 g/mol. The van der Waals surface area contributed by atoms with Gasteiger partial charge in [-0.2, -0.15) is 0 Å². The lowest BCUT2D eigenvalue weighted by Gasteiger charge is -2.17. The van der Waals surface area contributed by atoms with Crippen LogP contribution >= 0.6 is 0 Å². The van der Waals surface area contributed by atoms with Gasteiger partial charge in [-0.15, -0.1) is 0 Å². The largest absolute Gasteiger partial charge is 0.493 e. The van der Waals surface area contributed by atoms with Gasteiger partial charge in [-0.05, 0) is 49.9 Å². The van der Waals surface area contributed by atoms with Crippen molar-refractivity contribution in [2.75, 3.05) is 20.2 Å². The first kappa shape index (κ1) is 18.0. The van der Waals surface area contributed by atoms with Crippen molar-refractivity contribution in [1.82, 2.24) is 5.32 Å². The highest BCUT2D eigenvalue weighted by molar-refractivity contribution is 5.29. The number of rotatable bonds is 11. The zero-order valence-electron chi connectivity index (χ0n) is 13.8. The number of nitrogens with one attached hydrogen (secondary N) is 1. The summed E-state index contributed by atoms with van der Waals surface area (Å²) in [4.78, 5) is 0. The summed E-state index contributed by atoms with van der Waals surface area (Å²) in [5.74, 6) is 1.57. The Balaban J connectivity index is 2.51. The number of hydrogen-bond donors (Lipinski definition) is 2. The minimum absolute atomic E-state index is 0.349. The molecule has 1 rings (SSSR count). The molecule has 0 aliphatic rings. The molecule has 0 aromatic heterocycles. The molecule has 3 heteroatoms. The molecule has 0 heterocycles. The van der Waals surface area contributed by atoms with E-state index in [1.807, 2.05) is 31.3 Å². The molecule has 2 N–H and O–H groups in total. The maximum Gasteiger partial charge on any atom is 0.119 e. The van der Waals surface area contributed by atoms with E-state index in [-0.39, 0.29) is 6.10 Å². The Kier molecular flexibility index (Phi) is 9.11. The van der Waals surface area contributed by atoms with Crippen molar-refractivity contribution in [3.63, 3.8) is 0 Å². The third-order valence-electron chi connectivity index (χ3n) is 3.69. The van der Waals surface area contributed by atoms with Gasteiger partial charge < -0.3 is 15.2 Å². The van der Waals surface area contributed by atoms with E-state index < -0.39 is 0 Å². The van der Waals surface area contributed by atoms with Gasteiger partial charge >= 0.3 is 0 Å². The summed E-state index contributed by atoms with van der Waals surface area (Å²) < 4.78 is 5.96. The number of likely N-dealkylation sites (N-methyl/N-ethyl adjacent to an activating group) is 1. The van der Waals surface area contributed by atoms with Crippen LogP contribution in [-0.2, 0) is 6.42 Å². The van der Waals surface area contributed by atoms with E-state index in [4.69, 9.17) is 4.74 Å². The van der Waals surface area contributed by atoms with Gasteiger partial charge in [0, 0.05) is 6.54 Å². The second-order valence-electron chi connectivity index (χ2n) is 5.82. The Morgan fingerprint density at radius 2 is 1.90 bits per heavy atom. The molecular formula is C18H31NO2. The molecule has 0 radical (unpaired) electrons. The summed E-state index contributed by atoms with van der Waals surface area (Å²) in [5.41, 5.74) is 1.12. The summed E-state index contributed by atoms with van der Waals surface area (Å²) in [5, 5.41) is 12.8. The fourth-order valence-corrected chi connectivity index (χ4v) is 2.68. The molecule has 0 fully saturated rings. The summed E-state index contributed by atoms with van der Waals surface area (Å²) in [7, 11) is 1.85. The maximum atomic E-state index is 9.85. The van der Waals surface area contributed by atoms with Crippen molar-refractivity contribution in [2.45, 2.75) is 52.1 Å². The lowest BCUT2D eigenvalue weighted by molar-refractivity contribution is 0.174. The molecular weight excluding hydrogens is 262 g/mol. The standard InChI is InChI=1S/C18H31NO2/c1-4-7-15(8-5-2)14-21-18-10-6-9-16(12-18)11-17(20)13-19-3/h6,9-10,12,15,17,19-20H,4-5,7-8,11,13-14H2,1-3H3/t17-/m1/s1. The molecule has 120 valence electrons. The minimum Gasteiger partial charge on any atom is -0.493 e. The van der Waals surface area contributed by atoms with Crippen LogP contribution in [0.15, 0.2) is 24.3 Å². The van der Waals surface area contributed by atoms with Crippen molar-refractivity contribution in [3.8, 4) is 5.75 Å². The van der Waals surface area contributed by atoms with Crippen molar-refractivity contribution in [2.24, 2.45) is 5.92 Å². The molecule has 0 aliphatic heterocycles. The zero-order valence-corrected chi connectivity index (χ0v) is 13.8. The van der Waals surface area contributed by atoms with E-state index in [9.17, 15) is 5.11 Å². The van der Waals surface area contributed by atoms with Gasteiger partial charge in [0.25, 0.3) is 0 Å². The van der Waals surface area contributed by atoms with E-state index in [2.05, 4.69) is 19.2 Å². The highest BCUT2D eigenvalue weighted by atomic mass is 16.5. The number of ether oxygens (including phenoxy) is 1. The molecule has 0 saturated heterocycles. The predicted molar refractivity (Wildman–Crippen MR) is 88.9 cm³/mol. The van der Waals surface area contributed by atoms with Gasteiger partial charge in [0.15, 0.2) is 0 Å².